The van der Waals surface area contributed by atoms with Crippen LogP contribution in [0.4, 0.5) is 0 Å². The molecule has 0 saturated carbocycles. The Labute approximate surface area is 258 Å². The Morgan fingerprint density at radius 2 is 1.66 bits per heavy atom. The maximum absolute atomic E-state index is 14.2. The molecule has 2 aromatic carbocycles. The van der Waals surface area contributed by atoms with Gasteiger partial charge < -0.3 is 20.4 Å². The van der Waals surface area contributed by atoms with E-state index in [1.807, 2.05) is 32.9 Å². The predicted molar refractivity (Wildman–Crippen MR) is 169 cm³/mol. The molecule has 1 unspecified atom stereocenters. The van der Waals surface area contributed by atoms with Gasteiger partial charge >= 0.3 is 0 Å². The van der Waals surface area contributed by atoms with Crippen LogP contribution >= 0.6 is 0 Å². The molecule has 0 aliphatic heterocycles. The number of ketones is 3. The van der Waals surface area contributed by atoms with Crippen LogP contribution < -0.4 is 0 Å². The number of carbonyl (C=O) groups is 3. The van der Waals surface area contributed by atoms with Crippen molar-refractivity contribution in [2.24, 2.45) is 22.7 Å². The van der Waals surface area contributed by atoms with E-state index >= 15 is 0 Å². The van der Waals surface area contributed by atoms with Crippen LogP contribution in [-0.2, 0) is 28.9 Å². The summed E-state index contributed by atoms with van der Waals surface area (Å²) in [5.41, 5.74) is -0.917. The molecule has 0 fully saturated rings. The minimum atomic E-state index is -2.62. The Bertz CT molecular complexity index is 1710. The normalized spacial score (nSPS) is 28.4. The van der Waals surface area contributed by atoms with Crippen LogP contribution in [0.3, 0.4) is 0 Å². The van der Waals surface area contributed by atoms with Crippen molar-refractivity contribution in [1.29, 1.82) is 0 Å². The average Bonchev–Trinajstić information content (AvgIpc) is 2.94. The van der Waals surface area contributed by atoms with E-state index in [-0.39, 0.29) is 35.6 Å². The number of aromatic hydroxyl groups is 1. The maximum Gasteiger partial charge on any atom is 0.209 e. The molecule has 4 atom stereocenters. The number of rotatable bonds is 6. The van der Waals surface area contributed by atoms with Crippen molar-refractivity contribution in [1.82, 2.24) is 0 Å². The van der Waals surface area contributed by atoms with Gasteiger partial charge in [-0.1, -0.05) is 78.0 Å². The van der Waals surface area contributed by atoms with Gasteiger partial charge in [-0.2, -0.15) is 0 Å². The summed E-state index contributed by atoms with van der Waals surface area (Å²) >= 11 is 0. The number of aliphatic hydroxyl groups is 3. The Morgan fingerprint density at radius 1 is 1.00 bits per heavy atom. The molecule has 0 bridgehead atoms. The number of hydrogen-bond acceptors (Lipinski definition) is 7. The van der Waals surface area contributed by atoms with Gasteiger partial charge in [-0.25, -0.2) is 0 Å². The first kappa shape index (κ1) is 31.5. The van der Waals surface area contributed by atoms with Crippen molar-refractivity contribution >= 4 is 29.5 Å². The fraction of sp³-hybridized carbons (Fsp3) is 0.432. The van der Waals surface area contributed by atoms with Crippen molar-refractivity contribution in [3.8, 4) is 5.75 Å². The lowest BCUT2D eigenvalue weighted by atomic mass is 9.44. The van der Waals surface area contributed by atoms with Gasteiger partial charge in [0.2, 0.25) is 5.78 Å². The summed E-state index contributed by atoms with van der Waals surface area (Å²) < 4.78 is 0. The molecule has 4 N–H and O–H groups in total. The van der Waals surface area contributed by atoms with Crippen LogP contribution in [0.15, 0.2) is 53.0 Å². The highest BCUT2D eigenvalue weighted by Crippen LogP contribution is 2.65. The zero-order chi connectivity index (χ0) is 32.5. The van der Waals surface area contributed by atoms with Crippen molar-refractivity contribution in [3.63, 3.8) is 0 Å². The molecule has 7 nitrogen and oxygen atoms in total. The summed E-state index contributed by atoms with van der Waals surface area (Å²) in [5, 5.41) is 46.2. The van der Waals surface area contributed by atoms with Gasteiger partial charge in [0.1, 0.15) is 22.8 Å². The van der Waals surface area contributed by atoms with Gasteiger partial charge in [0.15, 0.2) is 17.2 Å². The molecule has 0 heterocycles. The fourth-order valence-electron chi connectivity index (χ4n) is 8.52. The summed E-state index contributed by atoms with van der Waals surface area (Å²) in [6.07, 6.45) is 6.03. The zero-order valence-electron chi connectivity index (χ0n) is 26.5. The summed E-state index contributed by atoms with van der Waals surface area (Å²) in [5.74, 6) is -5.17. The number of Topliss-reactive ketones (excluding diaryl/α,β-unsaturated/α-hetero) is 3. The largest absolute Gasteiger partial charge is 0.511 e. The molecule has 5 rings (SSSR count). The highest BCUT2D eigenvalue weighted by Gasteiger charge is 2.71. The van der Waals surface area contributed by atoms with Crippen LogP contribution in [0.2, 0.25) is 0 Å². The number of fused-ring (bicyclic) bond motifs is 3. The molecular formula is C37H42O7. The lowest BCUT2D eigenvalue weighted by Gasteiger charge is -2.59. The summed E-state index contributed by atoms with van der Waals surface area (Å²) in [6, 6.07) is 9.52. The number of hydrogen-bond donors (Lipinski definition) is 4. The molecule has 0 amide bonds. The van der Waals surface area contributed by atoms with E-state index in [0.717, 1.165) is 30.9 Å². The molecule has 2 aromatic rings. The van der Waals surface area contributed by atoms with Crippen LogP contribution in [0.25, 0.3) is 12.2 Å². The van der Waals surface area contributed by atoms with Gasteiger partial charge in [0.05, 0.1) is 5.56 Å². The average molecular weight is 599 g/mol. The first-order valence-corrected chi connectivity index (χ1v) is 15.4. The van der Waals surface area contributed by atoms with E-state index in [2.05, 4.69) is 32.0 Å². The lowest BCUT2D eigenvalue weighted by molar-refractivity contribution is -0.171. The number of phenolic OH excluding ortho intramolecular Hbond substituents is 1. The number of benzene rings is 2. The first-order chi connectivity index (χ1) is 20.6. The van der Waals surface area contributed by atoms with E-state index in [9.17, 15) is 34.8 Å². The third-order valence-corrected chi connectivity index (χ3v) is 10.4. The molecule has 0 radical (unpaired) electrons. The van der Waals surface area contributed by atoms with Crippen LogP contribution in [-0.4, -0.2) is 43.4 Å². The summed E-state index contributed by atoms with van der Waals surface area (Å²) in [4.78, 5) is 40.6. The van der Waals surface area contributed by atoms with Gasteiger partial charge in [-0.15, -0.1) is 0 Å². The Morgan fingerprint density at radius 3 is 2.25 bits per heavy atom. The van der Waals surface area contributed by atoms with Gasteiger partial charge in [0, 0.05) is 22.3 Å². The Balaban J connectivity index is 1.70. The van der Waals surface area contributed by atoms with E-state index in [1.165, 1.54) is 17.2 Å². The fourth-order valence-corrected chi connectivity index (χ4v) is 8.52. The molecule has 0 saturated heterocycles. The van der Waals surface area contributed by atoms with E-state index in [0.29, 0.717) is 5.56 Å². The molecule has 3 aliphatic rings. The zero-order valence-corrected chi connectivity index (χ0v) is 26.5. The van der Waals surface area contributed by atoms with Crippen LogP contribution in [0.5, 0.6) is 5.75 Å². The standard InChI is InChI=1S/C37H42O7/c1-8-22-12-10-21(16-23(22)9-2)11-13-24-14-15-26(39)28-25(24)17-35(6)18-36(7)29(19(3)4)31(40)27(20(5)38)33(42)37(36,44)34(43)30(35)32(28)41/h10-16,19,29,39-40,43-44H,8-9,17-18H2,1-7H3/b13-11+/t29?,35-,36-,37+/m1/s1. The molecule has 0 aromatic heterocycles. The third-order valence-electron chi connectivity index (χ3n) is 10.4. The molecule has 3 aliphatic carbocycles. The van der Waals surface area contributed by atoms with Crippen molar-refractivity contribution in [3.05, 3.63) is 86.4 Å². The Kier molecular flexibility index (Phi) is 7.57. The molecular weight excluding hydrogens is 556 g/mol. The van der Waals surface area contributed by atoms with Crippen molar-refractivity contribution in [2.45, 2.75) is 79.8 Å². The smallest absolute Gasteiger partial charge is 0.209 e. The number of carbonyl (C=O) groups excluding carboxylic acids is 3. The minimum Gasteiger partial charge on any atom is -0.511 e. The molecule has 232 valence electrons. The van der Waals surface area contributed by atoms with Crippen molar-refractivity contribution in [2.75, 3.05) is 0 Å². The number of aliphatic hydroxyl groups excluding tert-OH is 2. The van der Waals surface area contributed by atoms with E-state index < -0.39 is 56.8 Å². The van der Waals surface area contributed by atoms with Crippen LogP contribution in [0.1, 0.15) is 93.1 Å². The van der Waals surface area contributed by atoms with Gasteiger partial charge in [0.25, 0.3) is 0 Å². The number of aryl methyl sites for hydroxylation is 2. The van der Waals surface area contributed by atoms with E-state index in [1.54, 1.807) is 13.0 Å². The molecule has 0 spiro atoms. The first-order valence-electron chi connectivity index (χ1n) is 15.4. The van der Waals surface area contributed by atoms with Crippen molar-refractivity contribution < 1.29 is 34.8 Å². The highest BCUT2D eigenvalue weighted by molar-refractivity contribution is 6.25. The second kappa shape index (κ2) is 10.6. The van der Waals surface area contributed by atoms with Crippen LogP contribution in [0, 0.1) is 22.7 Å². The second-order valence-corrected chi connectivity index (χ2v) is 13.6. The number of phenols is 1. The predicted octanol–water partition coefficient (Wildman–Crippen LogP) is 6.64. The highest BCUT2D eigenvalue weighted by atomic mass is 16.3. The van der Waals surface area contributed by atoms with E-state index in [4.69, 9.17) is 0 Å². The third kappa shape index (κ3) is 4.23. The lowest BCUT2D eigenvalue weighted by Crippen LogP contribution is -2.67. The minimum absolute atomic E-state index is 0.0165. The van der Waals surface area contributed by atoms with Gasteiger partial charge in [-0.05, 0) is 72.4 Å². The summed E-state index contributed by atoms with van der Waals surface area (Å²) in [7, 11) is 0. The maximum atomic E-state index is 14.2. The SMILES string of the molecule is CCc1ccc(/C=C/c2ccc(O)c3c2C[C@]2(C)C[C@]4(C)C(C(C)C)C(O)=C(C(C)=O)C(=O)[C@]4(O)C(O)=C2C3=O)cc1CC. The number of allylic oxidation sites excluding steroid dienone is 2. The molecule has 7 heteroatoms. The van der Waals surface area contributed by atoms with Gasteiger partial charge in [-0.3, -0.25) is 14.4 Å². The quantitative estimate of drug-likeness (QED) is 0.216. The second-order valence-electron chi connectivity index (χ2n) is 13.6. The Hall–Kier alpha value is -3.97. The monoisotopic (exact) mass is 598 g/mol. The topological polar surface area (TPSA) is 132 Å². The summed E-state index contributed by atoms with van der Waals surface area (Å²) in [6.45, 7) is 12.5. The molecule has 44 heavy (non-hydrogen) atoms.